The molecular formula is C28H31ClN2O2. The Balaban J connectivity index is 1.88. The fourth-order valence-corrected chi connectivity index (χ4v) is 4.00. The third kappa shape index (κ3) is 7.76. The molecule has 0 aromatic heterocycles. The normalized spacial score (nSPS) is 11.6. The number of carbonyl (C=O) groups is 2. The van der Waals surface area contributed by atoms with E-state index in [9.17, 15) is 9.59 Å². The molecule has 0 aliphatic carbocycles. The molecule has 33 heavy (non-hydrogen) atoms. The quantitative estimate of drug-likeness (QED) is 0.412. The first-order chi connectivity index (χ1) is 16.1. The molecule has 1 atom stereocenters. The topological polar surface area (TPSA) is 49.4 Å². The number of nitrogens with zero attached hydrogens (tertiary/aromatic N) is 1. The van der Waals surface area contributed by atoms with Gasteiger partial charge in [-0.25, -0.2) is 0 Å². The number of halogens is 1. The van der Waals surface area contributed by atoms with Crippen molar-refractivity contribution in [2.75, 3.05) is 6.54 Å². The van der Waals surface area contributed by atoms with Gasteiger partial charge in [0.25, 0.3) is 0 Å². The number of aryl methyl sites for hydroxylation is 1. The Morgan fingerprint density at radius 1 is 0.879 bits per heavy atom. The Morgan fingerprint density at radius 3 is 2.15 bits per heavy atom. The lowest BCUT2D eigenvalue weighted by atomic mass is 10.0. The van der Waals surface area contributed by atoms with Crippen molar-refractivity contribution in [3.63, 3.8) is 0 Å². The minimum absolute atomic E-state index is 0.0496. The third-order valence-electron chi connectivity index (χ3n) is 5.53. The van der Waals surface area contributed by atoms with Crippen molar-refractivity contribution in [2.45, 2.75) is 45.2 Å². The maximum absolute atomic E-state index is 13.5. The van der Waals surface area contributed by atoms with E-state index < -0.39 is 6.04 Å². The standard InChI is InChI=1S/C28H31ClN2O2/c1-2-18-30-28(33)26(20-23-12-7-4-8-13-23)31(21-24-14-9-15-25(29)19-24)27(32)17-16-22-10-5-3-6-11-22/h3-15,19,26H,2,16-18,20-21H2,1H3,(H,30,33). The van der Waals surface area contributed by atoms with Crippen LogP contribution in [0.1, 0.15) is 36.5 Å². The van der Waals surface area contributed by atoms with Gasteiger partial charge in [-0.1, -0.05) is 91.3 Å². The Bertz CT molecular complexity index is 1020. The van der Waals surface area contributed by atoms with Gasteiger partial charge < -0.3 is 10.2 Å². The number of amides is 2. The molecular weight excluding hydrogens is 432 g/mol. The van der Waals surface area contributed by atoms with E-state index in [0.717, 1.165) is 23.1 Å². The molecule has 5 heteroatoms. The zero-order valence-corrected chi connectivity index (χ0v) is 19.8. The molecule has 0 heterocycles. The van der Waals surface area contributed by atoms with Crippen molar-refractivity contribution in [3.8, 4) is 0 Å². The summed E-state index contributed by atoms with van der Waals surface area (Å²) in [5.74, 6) is -0.179. The maximum Gasteiger partial charge on any atom is 0.243 e. The van der Waals surface area contributed by atoms with Gasteiger partial charge in [0.05, 0.1) is 0 Å². The van der Waals surface area contributed by atoms with Crippen LogP contribution in [0.2, 0.25) is 5.02 Å². The van der Waals surface area contributed by atoms with E-state index >= 15 is 0 Å². The molecule has 4 nitrogen and oxygen atoms in total. The average molecular weight is 463 g/mol. The monoisotopic (exact) mass is 462 g/mol. The third-order valence-corrected chi connectivity index (χ3v) is 5.77. The molecule has 3 aromatic carbocycles. The molecule has 3 rings (SSSR count). The van der Waals surface area contributed by atoms with Crippen LogP contribution < -0.4 is 5.32 Å². The van der Waals surface area contributed by atoms with Crippen molar-refractivity contribution in [1.82, 2.24) is 10.2 Å². The molecule has 0 spiro atoms. The highest BCUT2D eigenvalue weighted by atomic mass is 35.5. The Morgan fingerprint density at radius 2 is 1.52 bits per heavy atom. The molecule has 1 N–H and O–H groups in total. The summed E-state index contributed by atoms with van der Waals surface area (Å²) in [7, 11) is 0. The number of nitrogens with one attached hydrogen (secondary N) is 1. The number of hydrogen-bond acceptors (Lipinski definition) is 2. The zero-order chi connectivity index (χ0) is 23.5. The summed E-state index contributed by atoms with van der Waals surface area (Å²) in [5.41, 5.74) is 3.02. The molecule has 2 amide bonds. The Kier molecular flexibility index (Phi) is 9.52. The van der Waals surface area contributed by atoms with Gasteiger partial charge in [0.1, 0.15) is 6.04 Å². The minimum Gasteiger partial charge on any atom is -0.354 e. The van der Waals surface area contributed by atoms with Crippen LogP contribution >= 0.6 is 11.6 Å². The van der Waals surface area contributed by atoms with E-state index in [1.54, 1.807) is 4.90 Å². The molecule has 0 aliphatic rings. The van der Waals surface area contributed by atoms with E-state index in [-0.39, 0.29) is 11.8 Å². The highest BCUT2D eigenvalue weighted by Crippen LogP contribution is 2.19. The molecule has 1 unspecified atom stereocenters. The van der Waals surface area contributed by atoms with Gasteiger partial charge in [-0.15, -0.1) is 0 Å². The molecule has 3 aromatic rings. The molecule has 0 saturated heterocycles. The number of hydrogen-bond donors (Lipinski definition) is 1. The van der Waals surface area contributed by atoms with Crippen LogP contribution in [0.5, 0.6) is 0 Å². The van der Waals surface area contributed by atoms with Gasteiger partial charge in [0, 0.05) is 31.0 Å². The SMILES string of the molecule is CCCNC(=O)C(Cc1ccccc1)N(Cc1cccc(Cl)c1)C(=O)CCc1ccccc1. The molecule has 0 fully saturated rings. The summed E-state index contributed by atoms with van der Waals surface area (Å²) in [5, 5.41) is 3.61. The summed E-state index contributed by atoms with van der Waals surface area (Å²) in [6.07, 6.45) is 2.24. The highest BCUT2D eigenvalue weighted by Gasteiger charge is 2.30. The van der Waals surface area contributed by atoms with Crippen LogP contribution in [-0.4, -0.2) is 29.3 Å². The van der Waals surface area contributed by atoms with Crippen LogP contribution in [0, 0.1) is 0 Å². The summed E-state index contributed by atoms with van der Waals surface area (Å²) >= 11 is 6.21. The predicted molar refractivity (Wildman–Crippen MR) is 134 cm³/mol. The minimum atomic E-state index is -0.610. The summed E-state index contributed by atoms with van der Waals surface area (Å²) in [4.78, 5) is 28.5. The van der Waals surface area contributed by atoms with Crippen molar-refractivity contribution in [2.24, 2.45) is 0 Å². The van der Waals surface area contributed by atoms with Gasteiger partial charge in [0.2, 0.25) is 11.8 Å². The fourth-order valence-electron chi connectivity index (χ4n) is 3.79. The van der Waals surface area contributed by atoms with Gasteiger partial charge in [0.15, 0.2) is 0 Å². The van der Waals surface area contributed by atoms with E-state index in [1.165, 1.54) is 0 Å². The second-order valence-corrected chi connectivity index (χ2v) is 8.57. The first kappa shape index (κ1) is 24.5. The van der Waals surface area contributed by atoms with Crippen molar-refractivity contribution in [3.05, 3.63) is 107 Å². The molecule has 172 valence electrons. The smallest absolute Gasteiger partial charge is 0.243 e. The highest BCUT2D eigenvalue weighted by molar-refractivity contribution is 6.30. The van der Waals surface area contributed by atoms with Gasteiger partial charge in [-0.05, 0) is 41.7 Å². The van der Waals surface area contributed by atoms with E-state index in [0.29, 0.717) is 37.4 Å². The Labute approximate surface area is 201 Å². The molecule has 0 saturated carbocycles. The predicted octanol–water partition coefficient (Wildman–Crippen LogP) is 5.44. The average Bonchev–Trinajstić information content (AvgIpc) is 2.84. The molecule has 0 aliphatic heterocycles. The first-order valence-electron chi connectivity index (χ1n) is 11.5. The molecule has 0 bridgehead atoms. The lowest BCUT2D eigenvalue weighted by Crippen LogP contribution is -2.50. The lowest BCUT2D eigenvalue weighted by molar-refractivity contribution is -0.141. The first-order valence-corrected chi connectivity index (χ1v) is 11.8. The van der Waals surface area contributed by atoms with E-state index in [4.69, 9.17) is 11.6 Å². The second-order valence-electron chi connectivity index (χ2n) is 8.13. The van der Waals surface area contributed by atoms with E-state index in [1.807, 2.05) is 91.9 Å². The van der Waals surface area contributed by atoms with Crippen molar-refractivity contribution in [1.29, 1.82) is 0 Å². The van der Waals surface area contributed by atoms with Crippen molar-refractivity contribution < 1.29 is 9.59 Å². The summed E-state index contributed by atoms with van der Waals surface area (Å²) < 4.78 is 0. The number of carbonyl (C=O) groups excluding carboxylic acids is 2. The maximum atomic E-state index is 13.5. The second kappa shape index (κ2) is 12.8. The fraction of sp³-hybridized carbons (Fsp3) is 0.286. The van der Waals surface area contributed by atoms with Crippen LogP contribution in [0.25, 0.3) is 0 Å². The Hall–Kier alpha value is -3.11. The van der Waals surface area contributed by atoms with Crippen LogP contribution in [0.15, 0.2) is 84.9 Å². The lowest BCUT2D eigenvalue weighted by Gasteiger charge is -2.31. The molecule has 0 radical (unpaired) electrons. The zero-order valence-electron chi connectivity index (χ0n) is 19.0. The van der Waals surface area contributed by atoms with Crippen LogP contribution in [0.3, 0.4) is 0 Å². The largest absolute Gasteiger partial charge is 0.354 e. The van der Waals surface area contributed by atoms with Gasteiger partial charge in [-0.2, -0.15) is 0 Å². The van der Waals surface area contributed by atoms with Crippen molar-refractivity contribution >= 4 is 23.4 Å². The number of benzene rings is 3. The number of rotatable bonds is 11. The summed E-state index contributed by atoms with van der Waals surface area (Å²) in [6.45, 7) is 2.92. The van der Waals surface area contributed by atoms with Crippen LogP contribution in [-0.2, 0) is 29.0 Å². The van der Waals surface area contributed by atoms with Gasteiger partial charge >= 0.3 is 0 Å². The van der Waals surface area contributed by atoms with Gasteiger partial charge in [-0.3, -0.25) is 9.59 Å². The van der Waals surface area contributed by atoms with E-state index in [2.05, 4.69) is 5.32 Å². The summed E-state index contributed by atoms with van der Waals surface area (Å²) in [6, 6.07) is 26.6. The van der Waals surface area contributed by atoms with Crippen LogP contribution in [0.4, 0.5) is 0 Å².